The molecule has 2 aromatic carbocycles. The van der Waals surface area contributed by atoms with Gasteiger partial charge >= 0.3 is 0 Å². The Hall–Kier alpha value is -3.10. The molecule has 0 saturated carbocycles. The first-order valence-electron chi connectivity index (χ1n) is 9.61. The lowest BCUT2D eigenvalue weighted by molar-refractivity contribution is -0.113. The Morgan fingerprint density at radius 3 is 2.65 bits per heavy atom. The topological polar surface area (TPSA) is 73.2 Å². The predicted octanol–water partition coefficient (Wildman–Crippen LogP) is 4.80. The summed E-state index contributed by atoms with van der Waals surface area (Å²) >= 11 is 2.60. The summed E-state index contributed by atoms with van der Waals surface area (Å²) in [6.07, 6.45) is 0. The van der Waals surface area contributed by atoms with Gasteiger partial charge in [0.2, 0.25) is 5.91 Å². The molecule has 4 aromatic rings. The highest BCUT2D eigenvalue weighted by molar-refractivity contribution is 7.99. The van der Waals surface area contributed by atoms with Crippen molar-refractivity contribution in [2.75, 3.05) is 18.2 Å². The Kier molecular flexibility index (Phi) is 6.11. The van der Waals surface area contributed by atoms with Crippen molar-refractivity contribution < 1.29 is 9.53 Å². The van der Waals surface area contributed by atoms with E-state index in [9.17, 15) is 9.59 Å². The molecule has 0 unspecified atom stereocenters. The number of fused-ring (bicyclic) bond motifs is 1. The summed E-state index contributed by atoms with van der Waals surface area (Å²) in [5.41, 5.74) is 3.97. The second kappa shape index (κ2) is 8.95. The molecule has 4 rings (SSSR count). The first-order valence-corrected chi connectivity index (χ1v) is 11.5. The van der Waals surface area contributed by atoms with Crippen LogP contribution in [0.3, 0.4) is 0 Å². The van der Waals surface area contributed by atoms with Gasteiger partial charge in [-0.2, -0.15) is 0 Å². The van der Waals surface area contributed by atoms with Crippen LogP contribution in [-0.2, 0) is 4.79 Å². The molecule has 1 N–H and O–H groups in total. The highest BCUT2D eigenvalue weighted by atomic mass is 32.2. The average Bonchev–Trinajstić information content (AvgIpc) is 3.21. The van der Waals surface area contributed by atoms with Crippen LogP contribution in [0.2, 0.25) is 0 Å². The van der Waals surface area contributed by atoms with E-state index in [2.05, 4.69) is 16.4 Å². The number of amides is 1. The third-order valence-electron chi connectivity index (χ3n) is 4.63. The SMILES string of the molecule is COc1ccccc1NC(=O)CSc1nc2ccsc2c(=O)n1-c1cc(C)cc(C)c1. The highest BCUT2D eigenvalue weighted by Gasteiger charge is 2.16. The number of thiophene rings is 1. The van der Waals surface area contributed by atoms with Gasteiger partial charge in [-0.05, 0) is 60.7 Å². The number of aryl methyl sites for hydroxylation is 2. The molecule has 0 atom stereocenters. The minimum absolute atomic E-state index is 0.102. The zero-order chi connectivity index (χ0) is 22.0. The molecule has 0 aliphatic rings. The third kappa shape index (κ3) is 4.50. The number of aromatic nitrogens is 2. The lowest BCUT2D eigenvalue weighted by Crippen LogP contribution is -2.22. The molecular weight excluding hydrogens is 430 g/mol. The summed E-state index contributed by atoms with van der Waals surface area (Å²) in [5, 5.41) is 5.20. The maximum atomic E-state index is 13.3. The van der Waals surface area contributed by atoms with Gasteiger partial charge in [-0.25, -0.2) is 4.98 Å². The van der Waals surface area contributed by atoms with Crippen molar-refractivity contribution in [3.05, 3.63) is 75.4 Å². The number of rotatable bonds is 6. The minimum Gasteiger partial charge on any atom is -0.495 e. The zero-order valence-electron chi connectivity index (χ0n) is 17.3. The van der Waals surface area contributed by atoms with E-state index in [1.807, 2.05) is 49.6 Å². The van der Waals surface area contributed by atoms with Gasteiger partial charge in [0.25, 0.3) is 5.56 Å². The van der Waals surface area contributed by atoms with E-state index in [0.717, 1.165) is 16.8 Å². The summed E-state index contributed by atoms with van der Waals surface area (Å²) in [6.45, 7) is 3.98. The van der Waals surface area contributed by atoms with Gasteiger partial charge < -0.3 is 10.1 Å². The molecule has 0 bridgehead atoms. The van der Waals surface area contributed by atoms with E-state index in [1.165, 1.54) is 23.1 Å². The number of hydrogen-bond donors (Lipinski definition) is 1. The number of nitrogens with zero attached hydrogens (tertiary/aromatic N) is 2. The van der Waals surface area contributed by atoms with Crippen LogP contribution in [-0.4, -0.2) is 28.3 Å². The first kappa shape index (κ1) is 21.1. The van der Waals surface area contributed by atoms with Crippen LogP contribution in [0.25, 0.3) is 15.9 Å². The van der Waals surface area contributed by atoms with Gasteiger partial charge in [0.1, 0.15) is 10.4 Å². The fraction of sp³-hybridized carbons (Fsp3) is 0.174. The van der Waals surface area contributed by atoms with Gasteiger partial charge in [-0.3, -0.25) is 14.2 Å². The summed E-state index contributed by atoms with van der Waals surface area (Å²) in [7, 11) is 1.56. The van der Waals surface area contributed by atoms with Crippen LogP contribution in [0, 0.1) is 13.8 Å². The lowest BCUT2D eigenvalue weighted by Gasteiger charge is -2.14. The number of methoxy groups -OCH3 is 1. The van der Waals surface area contributed by atoms with Gasteiger partial charge in [-0.15, -0.1) is 11.3 Å². The van der Waals surface area contributed by atoms with Crippen molar-refractivity contribution in [1.29, 1.82) is 0 Å². The number of nitrogens with one attached hydrogen (secondary N) is 1. The fourth-order valence-electron chi connectivity index (χ4n) is 3.36. The quantitative estimate of drug-likeness (QED) is 0.337. The zero-order valence-corrected chi connectivity index (χ0v) is 19.0. The number of para-hydroxylation sites is 2. The normalized spacial score (nSPS) is 10.9. The van der Waals surface area contributed by atoms with E-state index >= 15 is 0 Å². The molecule has 2 aromatic heterocycles. The van der Waals surface area contributed by atoms with Crippen LogP contribution in [0.5, 0.6) is 5.75 Å². The number of thioether (sulfide) groups is 1. The molecule has 158 valence electrons. The summed E-state index contributed by atoms with van der Waals surface area (Å²) < 4.78 is 7.48. The number of anilines is 1. The Morgan fingerprint density at radius 2 is 1.90 bits per heavy atom. The van der Waals surface area contributed by atoms with Crippen LogP contribution < -0.4 is 15.6 Å². The fourth-order valence-corrected chi connectivity index (χ4v) is 4.93. The Morgan fingerprint density at radius 1 is 1.16 bits per heavy atom. The maximum absolute atomic E-state index is 13.3. The molecule has 1 amide bonds. The summed E-state index contributed by atoms with van der Waals surface area (Å²) in [6, 6.07) is 15.0. The minimum atomic E-state index is -0.207. The molecule has 0 aliphatic heterocycles. The van der Waals surface area contributed by atoms with Crippen molar-refractivity contribution in [1.82, 2.24) is 9.55 Å². The lowest BCUT2D eigenvalue weighted by atomic mass is 10.1. The number of carbonyl (C=O) groups is 1. The van der Waals surface area contributed by atoms with E-state index in [4.69, 9.17) is 4.74 Å². The van der Waals surface area contributed by atoms with Crippen LogP contribution in [0.15, 0.2) is 63.9 Å². The molecule has 31 heavy (non-hydrogen) atoms. The molecule has 0 saturated heterocycles. The van der Waals surface area contributed by atoms with Gasteiger partial charge in [0, 0.05) is 0 Å². The van der Waals surface area contributed by atoms with E-state index in [-0.39, 0.29) is 17.2 Å². The first-order chi connectivity index (χ1) is 15.0. The van der Waals surface area contributed by atoms with E-state index in [1.54, 1.807) is 23.8 Å². The van der Waals surface area contributed by atoms with E-state index in [0.29, 0.717) is 26.8 Å². The second-order valence-corrected chi connectivity index (χ2v) is 8.91. The van der Waals surface area contributed by atoms with Crippen molar-refractivity contribution in [2.24, 2.45) is 0 Å². The largest absolute Gasteiger partial charge is 0.495 e. The third-order valence-corrected chi connectivity index (χ3v) is 6.46. The number of ether oxygens (including phenoxy) is 1. The Balaban J connectivity index is 1.67. The summed E-state index contributed by atoms with van der Waals surface area (Å²) in [5.74, 6) is 0.484. The van der Waals surface area contributed by atoms with Gasteiger partial charge in [0.15, 0.2) is 5.16 Å². The Bertz CT molecular complexity index is 1310. The van der Waals surface area contributed by atoms with Crippen molar-refractivity contribution >= 4 is 44.9 Å². The summed E-state index contributed by atoms with van der Waals surface area (Å²) in [4.78, 5) is 30.5. The molecule has 6 nitrogen and oxygen atoms in total. The molecule has 0 fully saturated rings. The van der Waals surface area contributed by atoms with Crippen molar-refractivity contribution in [2.45, 2.75) is 19.0 Å². The molecule has 0 spiro atoms. The van der Waals surface area contributed by atoms with Crippen LogP contribution in [0.4, 0.5) is 5.69 Å². The highest BCUT2D eigenvalue weighted by Crippen LogP contribution is 2.26. The maximum Gasteiger partial charge on any atom is 0.276 e. The molecule has 2 heterocycles. The molecule has 8 heteroatoms. The van der Waals surface area contributed by atoms with Gasteiger partial charge in [-0.1, -0.05) is 30.0 Å². The standard InChI is InChI=1S/C23H21N3O3S2/c1-14-10-15(2)12-16(11-14)26-22(28)21-18(8-9-30-21)25-23(26)31-13-20(27)24-17-6-4-5-7-19(17)29-3/h4-12H,13H2,1-3H3,(H,24,27). The van der Waals surface area contributed by atoms with Gasteiger partial charge in [0.05, 0.1) is 29.8 Å². The van der Waals surface area contributed by atoms with Crippen LogP contribution >= 0.6 is 23.1 Å². The second-order valence-electron chi connectivity index (χ2n) is 7.05. The number of hydrogen-bond acceptors (Lipinski definition) is 6. The predicted molar refractivity (Wildman–Crippen MR) is 127 cm³/mol. The molecule has 0 aliphatic carbocycles. The van der Waals surface area contributed by atoms with E-state index < -0.39 is 0 Å². The number of benzene rings is 2. The smallest absolute Gasteiger partial charge is 0.276 e. The monoisotopic (exact) mass is 451 g/mol. The van der Waals surface area contributed by atoms with Crippen molar-refractivity contribution in [3.63, 3.8) is 0 Å². The Labute approximate surface area is 187 Å². The number of carbonyl (C=O) groups excluding carboxylic acids is 1. The van der Waals surface area contributed by atoms with Crippen LogP contribution in [0.1, 0.15) is 11.1 Å². The van der Waals surface area contributed by atoms with Crippen molar-refractivity contribution in [3.8, 4) is 11.4 Å². The average molecular weight is 452 g/mol. The molecular formula is C23H21N3O3S2. The molecule has 0 radical (unpaired) electrons.